The summed E-state index contributed by atoms with van der Waals surface area (Å²) in [6.45, 7) is 8.06. The lowest BCUT2D eigenvalue weighted by molar-refractivity contribution is -0.106. The molecule has 4 rings (SSSR count). The maximum absolute atomic E-state index is 14.8. The number of piperazine rings is 1. The molecule has 0 bridgehead atoms. The molecule has 1 aromatic heterocycles. The molecule has 0 spiro atoms. The lowest BCUT2D eigenvalue weighted by Crippen LogP contribution is -2.48. The molecule has 1 fully saturated rings. The molecule has 1 aliphatic heterocycles. The van der Waals surface area contributed by atoms with E-state index in [9.17, 15) is 14.3 Å². The molecule has 0 atom stereocenters. The van der Waals surface area contributed by atoms with Crippen molar-refractivity contribution in [2.75, 3.05) is 50.1 Å². The molecule has 2 aromatic carbocycles. The van der Waals surface area contributed by atoms with Crippen LogP contribution in [0.5, 0.6) is 5.75 Å². The van der Waals surface area contributed by atoms with Crippen LogP contribution in [-0.2, 0) is 4.79 Å². The molecule has 0 unspecified atom stereocenters. The SMILES string of the molecule is CC(C)N1CCN(c2cncc(-c3cc(F)cc(-c4ccc(N(C=O)/C=C\N(C)C)c(Cl)c4)c3O)c2)CC1. The number of benzene rings is 2. The van der Waals surface area contributed by atoms with E-state index in [1.54, 1.807) is 47.9 Å². The third-order valence-corrected chi connectivity index (χ3v) is 7.00. The highest BCUT2D eigenvalue weighted by Gasteiger charge is 2.21. The number of hydrogen-bond acceptors (Lipinski definition) is 6. The van der Waals surface area contributed by atoms with Crippen LogP contribution in [0, 0.1) is 5.82 Å². The summed E-state index contributed by atoms with van der Waals surface area (Å²) < 4.78 is 14.8. The zero-order valence-corrected chi connectivity index (χ0v) is 22.9. The first-order valence-electron chi connectivity index (χ1n) is 12.5. The van der Waals surface area contributed by atoms with E-state index < -0.39 is 5.82 Å². The molecule has 1 saturated heterocycles. The van der Waals surface area contributed by atoms with E-state index in [0.29, 0.717) is 40.4 Å². The van der Waals surface area contributed by atoms with Crippen LogP contribution in [0.25, 0.3) is 22.3 Å². The normalized spacial score (nSPS) is 14.3. The van der Waals surface area contributed by atoms with Gasteiger partial charge < -0.3 is 14.9 Å². The van der Waals surface area contributed by atoms with Crippen LogP contribution in [-0.4, -0.2) is 72.6 Å². The van der Waals surface area contributed by atoms with Crippen molar-refractivity contribution in [2.24, 2.45) is 0 Å². The molecule has 9 heteroatoms. The number of nitrogens with zero attached hydrogens (tertiary/aromatic N) is 5. The first-order valence-corrected chi connectivity index (χ1v) is 12.9. The average Bonchev–Trinajstić information content (AvgIpc) is 2.90. The Bertz CT molecular complexity index is 1320. The van der Waals surface area contributed by atoms with Crippen LogP contribution >= 0.6 is 11.6 Å². The first-order chi connectivity index (χ1) is 18.2. The van der Waals surface area contributed by atoms with E-state index in [4.69, 9.17) is 11.6 Å². The predicted molar refractivity (Wildman–Crippen MR) is 152 cm³/mol. The number of pyridine rings is 1. The number of anilines is 2. The van der Waals surface area contributed by atoms with Crippen LogP contribution in [0.3, 0.4) is 0 Å². The summed E-state index contributed by atoms with van der Waals surface area (Å²) in [5, 5.41) is 11.5. The molecule has 1 N–H and O–H groups in total. The second kappa shape index (κ2) is 11.8. The first kappa shape index (κ1) is 27.4. The van der Waals surface area contributed by atoms with Crippen molar-refractivity contribution in [3.63, 3.8) is 0 Å². The highest BCUT2D eigenvalue weighted by atomic mass is 35.5. The van der Waals surface area contributed by atoms with Gasteiger partial charge in [0.25, 0.3) is 0 Å². The summed E-state index contributed by atoms with van der Waals surface area (Å²) in [5.41, 5.74) is 3.19. The van der Waals surface area contributed by atoms with Crippen molar-refractivity contribution in [1.29, 1.82) is 0 Å². The van der Waals surface area contributed by atoms with Crippen LogP contribution < -0.4 is 9.80 Å². The van der Waals surface area contributed by atoms with Gasteiger partial charge in [0.2, 0.25) is 6.41 Å². The molecule has 2 heterocycles. The van der Waals surface area contributed by atoms with Gasteiger partial charge >= 0.3 is 0 Å². The van der Waals surface area contributed by atoms with Crippen LogP contribution in [0.1, 0.15) is 13.8 Å². The second-order valence-electron chi connectivity index (χ2n) is 9.84. The third kappa shape index (κ3) is 6.09. The standard InChI is InChI=1S/C29H33ClFN5O2/c1-20(2)34-9-11-35(12-10-34)24-13-22(17-32-18-24)26-16-23(31)15-25(29(26)38)21-5-6-28(27(30)14-21)36(19-37)8-7-33(3)4/h5-8,13-20,38H,9-12H2,1-4H3/b8-7-. The van der Waals surface area contributed by atoms with E-state index >= 15 is 0 Å². The van der Waals surface area contributed by atoms with Crippen molar-refractivity contribution in [3.05, 3.63) is 72.0 Å². The van der Waals surface area contributed by atoms with Gasteiger partial charge in [-0.1, -0.05) is 17.7 Å². The molecular formula is C29H33ClFN5O2. The number of aromatic nitrogens is 1. The molecule has 3 aromatic rings. The molecule has 1 amide bonds. The molecule has 1 aliphatic rings. The van der Waals surface area contributed by atoms with E-state index in [1.165, 1.54) is 17.0 Å². The highest BCUT2D eigenvalue weighted by Crippen LogP contribution is 2.41. The van der Waals surface area contributed by atoms with Gasteiger partial charge in [-0.25, -0.2) is 4.39 Å². The molecule has 7 nitrogen and oxygen atoms in total. The van der Waals surface area contributed by atoms with Crippen molar-refractivity contribution in [3.8, 4) is 28.0 Å². The van der Waals surface area contributed by atoms with Gasteiger partial charge in [0.05, 0.1) is 22.6 Å². The maximum atomic E-state index is 14.8. The molecule has 0 radical (unpaired) electrons. The Labute approximate surface area is 228 Å². The number of phenols is 1. The molecule has 0 aliphatic carbocycles. The Kier molecular flexibility index (Phi) is 8.54. The summed E-state index contributed by atoms with van der Waals surface area (Å²) in [7, 11) is 3.68. The minimum atomic E-state index is -0.493. The number of halogens is 2. The largest absolute Gasteiger partial charge is 0.507 e. The monoisotopic (exact) mass is 537 g/mol. The van der Waals surface area contributed by atoms with Crippen LogP contribution in [0.4, 0.5) is 15.8 Å². The Morgan fingerprint density at radius 2 is 1.68 bits per heavy atom. The second-order valence-corrected chi connectivity index (χ2v) is 10.2. The molecule has 0 saturated carbocycles. The highest BCUT2D eigenvalue weighted by molar-refractivity contribution is 6.34. The lowest BCUT2D eigenvalue weighted by Gasteiger charge is -2.38. The summed E-state index contributed by atoms with van der Waals surface area (Å²) in [4.78, 5) is 23.8. The van der Waals surface area contributed by atoms with Gasteiger partial charge in [0, 0.05) is 81.6 Å². The van der Waals surface area contributed by atoms with Gasteiger partial charge in [0.15, 0.2) is 0 Å². The Hall–Kier alpha value is -3.62. The zero-order valence-electron chi connectivity index (χ0n) is 22.1. The number of hydrogen-bond donors (Lipinski definition) is 1. The minimum absolute atomic E-state index is 0.0708. The molecule has 200 valence electrons. The number of amides is 1. The summed E-state index contributed by atoms with van der Waals surface area (Å²) in [6, 6.07) is 9.99. The van der Waals surface area contributed by atoms with Gasteiger partial charge in [-0.15, -0.1) is 0 Å². The maximum Gasteiger partial charge on any atom is 0.218 e. The Balaban J connectivity index is 1.65. The fraction of sp³-hybridized carbons (Fsp3) is 0.310. The van der Waals surface area contributed by atoms with Crippen LogP contribution in [0.2, 0.25) is 5.02 Å². The van der Waals surface area contributed by atoms with Gasteiger partial charge in [-0.2, -0.15) is 0 Å². The Morgan fingerprint density at radius 3 is 2.29 bits per heavy atom. The molecular weight excluding hydrogens is 505 g/mol. The van der Waals surface area contributed by atoms with Crippen molar-refractivity contribution >= 4 is 29.4 Å². The smallest absolute Gasteiger partial charge is 0.218 e. The summed E-state index contributed by atoms with van der Waals surface area (Å²) in [5.74, 6) is -0.564. The fourth-order valence-corrected chi connectivity index (χ4v) is 4.82. The number of phenolic OH excluding ortho intramolecular Hbond substituents is 1. The minimum Gasteiger partial charge on any atom is -0.507 e. The average molecular weight is 538 g/mol. The van der Waals surface area contributed by atoms with Gasteiger partial charge in [0.1, 0.15) is 11.6 Å². The van der Waals surface area contributed by atoms with Crippen molar-refractivity contribution in [2.45, 2.75) is 19.9 Å². The van der Waals surface area contributed by atoms with Gasteiger partial charge in [-0.05, 0) is 49.7 Å². The number of aromatic hydroxyl groups is 1. The van der Waals surface area contributed by atoms with E-state index in [-0.39, 0.29) is 10.8 Å². The number of carbonyl (C=O) groups excluding carboxylic acids is 1. The van der Waals surface area contributed by atoms with Crippen molar-refractivity contribution in [1.82, 2.24) is 14.8 Å². The topological polar surface area (TPSA) is 63.2 Å². The number of carbonyl (C=O) groups is 1. The zero-order chi connectivity index (χ0) is 27.4. The number of rotatable bonds is 8. The third-order valence-electron chi connectivity index (χ3n) is 6.70. The predicted octanol–water partition coefficient (Wildman–Crippen LogP) is 5.44. The lowest BCUT2D eigenvalue weighted by atomic mass is 9.97. The van der Waals surface area contributed by atoms with E-state index in [1.807, 2.05) is 20.2 Å². The van der Waals surface area contributed by atoms with E-state index in [0.717, 1.165) is 31.9 Å². The van der Waals surface area contributed by atoms with Gasteiger partial charge in [-0.3, -0.25) is 19.6 Å². The summed E-state index contributed by atoms with van der Waals surface area (Å²) >= 11 is 6.51. The van der Waals surface area contributed by atoms with E-state index in [2.05, 4.69) is 28.6 Å². The quantitative estimate of drug-likeness (QED) is 0.386. The summed E-state index contributed by atoms with van der Waals surface area (Å²) in [6.07, 6.45) is 7.39. The fourth-order valence-electron chi connectivity index (χ4n) is 4.55. The molecule has 38 heavy (non-hydrogen) atoms. The van der Waals surface area contributed by atoms with Crippen LogP contribution in [0.15, 0.2) is 61.2 Å². The van der Waals surface area contributed by atoms with Crippen molar-refractivity contribution < 1.29 is 14.3 Å². The Morgan fingerprint density at radius 1 is 1.00 bits per heavy atom.